The van der Waals surface area contributed by atoms with E-state index in [1.165, 1.54) is 37.3 Å². The standard InChI is InChI=1S/C17H28N2O/c1-15(2)9-13-20-14-10-18-16-5-7-17(8-6-16)19-11-3-4-12-19/h5-8,15,18H,3-4,9-14H2,1-2H3. The molecular formula is C17H28N2O. The van der Waals surface area contributed by atoms with Gasteiger partial charge in [0.05, 0.1) is 6.61 Å². The Morgan fingerprint density at radius 2 is 1.80 bits per heavy atom. The van der Waals surface area contributed by atoms with Gasteiger partial charge in [-0.3, -0.25) is 0 Å². The maximum Gasteiger partial charge on any atom is 0.0639 e. The normalized spacial score (nSPS) is 15.1. The van der Waals surface area contributed by atoms with E-state index < -0.39 is 0 Å². The van der Waals surface area contributed by atoms with E-state index in [1.54, 1.807) is 0 Å². The predicted molar refractivity (Wildman–Crippen MR) is 86.7 cm³/mol. The predicted octanol–water partition coefficient (Wildman–Crippen LogP) is 3.76. The first-order chi connectivity index (χ1) is 9.75. The first-order valence-electron chi connectivity index (χ1n) is 7.92. The molecule has 0 amide bonds. The van der Waals surface area contributed by atoms with Crippen molar-refractivity contribution in [3.63, 3.8) is 0 Å². The molecule has 1 heterocycles. The Morgan fingerprint density at radius 1 is 1.10 bits per heavy atom. The van der Waals surface area contributed by atoms with Crippen LogP contribution in [-0.2, 0) is 4.74 Å². The number of anilines is 2. The van der Waals surface area contributed by atoms with Gasteiger partial charge in [0.1, 0.15) is 0 Å². The van der Waals surface area contributed by atoms with E-state index in [1.807, 2.05) is 0 Å². The third-order valence-electron chi connectivity index (χ3n) is 3.75. The molecule has 1 fully saturated rings. The van der Waals surface area contributed by atoms with Crippen LogP contribution in [0.25, 0.3) is 0 Å². The van der Waals surface area contributed by atoms with E-state index in [2.05, 4.69) is 48.3 Å². The lowest BCUT2D eigenvalue weighted by molar-refractivity contribution is 0.132. The zero-order valence-corrected chi connectivity index (χ0v) is 12.9. The molecular weight excluding hydrogens is 248 g/mol. The molecule has 1 N–H and O–H groups in total. The van der Waals surface area contributed by atoms with Crippen LogP contribution in [0.4, 0.5) is 11.4 Å². The van der Waals surface area contributed by atoms with Gasteiger partial charge < -0.3 is 15.0 Å². The maximum absolute atomic E-state index is 5.60. The summed E-state index contributed by atoms with van der Waals surface area (Å²) in [7, 11) is 0. The topological polar surface area (TPSA) is 24.5 Å². The van der Waals surface area contributed by atoms with Gasteiger partial charge >= 0.3 is 0 Å². The molecule has 0 spiro atoms. The summed E-state index contributed by atoms with van der Waals surface area (Å²) in [6.45, 7) is 9.38. The van der Waals surface area contributed by atoms with Crippen LogP contribution in [0.3, 0.4) is 0 Å². The molecule has 1 aliphatic rings. The Hall–Kier alpha value is -1.22. The number of nitrogens with zero attached hydrogens (tertiary/aromatic N) is 1. The fourth-order valence-corrected chi connectivity index (χ4v) is 2.45. The smallest absolute Gasteiger partial charge is 0.0639 e. The molecule has 3 nitrogen and oxygen atoms in total. The Morgan fingerprint density at radius 3 is 2.45 bits per heavy atom. The molecule has 20 heavy (non-hydrogen) atoms. The summed E-state index contributed by atoms with van der Waals surface area (Å²) in [5, 5.41) is 3.41. The van der Waals surface area contributed by atoms with Crippen molar-refractivity contribution in [1.82, 2.24) is 0 Å². The van der Waals surface area contributed by atoms with Gasteiger partial charge in [-0.15, -0.1) is 0 Å². The van der Waals surface area contributed by atoms with Crippen molar-refractivity contribution < 1.29 is 4.74 Å². The average molecular weight is 276 g/mol. The average Bonchev–Trinajstić information content (AvgIpc) is 2.97. The van der Waals surface area contributed by atoms with Crippen LogP contribution >= 0.6 is 0 Å². The van der Waals surface area contributed by atoms with E-state index in [0.29, 0.717) is 0 Å². The Labute approximate surface area is 123 Å². The Balaban J connectivity index is 1.63. The van der Waals surface area contributed by atoms with Crippen molar-refractivity contribution in [2.45, 2.75) is 33.1 Å². The van der Waals surface area contributed by atoms with Crippen LogP contribution in [0.5, 0.6) is 0 Å². The molecule has 3 heteroatoms. The summed E-state index contributed by atoms with van der Waals surface area (Å²) in [5.74, 6) is 0.723. The number of nitrogens with one attached hydrogen (secondary N) is 1. The number of rotatable bonds is 8. The van der Waals surface area contributed by atoms with Gasteiger partial charge in [0.15, 0.2) is 0 Å². The fraction of sp³-hybridized carbons (Fsp3) is 0.647. The fourth-order valence-electron chi connectivity index (χ4n) is 2.45. The van der Waals surface area contributed by atoms with Crippen molar-refractivity contribution in [3.05, 3.63) is 24.3 Å². The monoisotopic (exact) mass is 276 g/mol. The molecule has 0 aliphatic carbocycles. The molecule has 0 saturated carbocycles. The highest BCUT2D eigenvalue weighted by atomic mass is 16.5. The molecule has 0 bridgehead atoms. The van der Waals surface area contributed by atoms with Gasteiger partial charge in [-0.05, 0) is 49.4 Å². The van der Waals surface area contributed by atoms with Gasteiger partial charge in [0.2, 0.25) is 0 Å². The maximum atomic E-state index is 5.60. The van der Waals surface area contributed by atoms with Crippen molar-refractivity contribution in [2.75, 3.05) is 43.1 Å². The minimum absolute atomic E-state index is 0.723. The van der Waals surface area contributed by atoms with Crippen LogP contribution in [0.2, 0.25) is 0 Å². The molecule has 0 unspecified atom stereocenters. The highest BCUT2D eigenvalue weighted by Gasteiger charge is 2.11. The minimum atomic E-state index is 0.723. The Kier molecular flexibility index (Phi) is 6.19. The second-order valence-corrected chi connectivity index (χ2v) is 5.96. The summed E-state index contributed by atoms with van der Waals surface area (Å²) < 4.78 is 5.60. The van der Waals surface area contributed by atoms with Gasteiger partial charge in [-0.1, -0.05) is 13.8 Å². The van der Waals surface area contributed by atoms with Crippen LogP contribution < -0.4 is 10.2 Å². The lowest BCUT2D eigenvalue weighted by atomic mass is 10.1. The molecule has 0 atom stereocenters. The molecule has 1 aromatic rings. The van der Waals surface area contributed by atoms with E-state index >= 15 is 0 Å². The second kappa shape index (κ2) is 8.15. The number of benzene rings is 1. The summed E-state index contributed by atoms with van der Waals surface area (Å²) in [4.78, 5) is 2.46. The molecule has 1 aromatic carbocycles. The summed E-state index contributed by atoms with van der Waals surface area (Å²) in [5.41, 5.74) is 2.53. The van der Waals surface area contributed by atoms with E-state index in [-0.39, 0.29) is 0 Å². The quantitative estimate of drug-likeness (QED) is 0.732. The summed E-state index contributed by atoms with van der Waals surface area (Å²) in [6.07, 6.45) is 3.80. The van der Waals surface area contributed by atoms with Crippen LogP contribution in [0.15, 0.2) is 24.3 Å². The molecule has 112 valence electrons. The van der Waals surface area contributed by atoms with E-state index in [4.69, 9.17) is 4.74 Å². The van der Waals surface area contributed by atoms with Gasteiger partial charge in [0, 0.05) is 37.6 Å². The molecule has 2 rings (SSSR count). The van der Waals surface area contributed by atoms with Crippen molar-refractivity contribution in [1.29, 1.82) is 0 Å². The third kappa shape index (κ3) is 5.04. The molecule has 0 aromatic heterocycles. The van der Waals surface area contributed by atoms with Crippen LogP contribution in [0, 0.1) is 5.92 Å². The summed E-state index contributed by atoms with van der Waals surface area (Å²) >= 11 is 0. The number of hydrogen-bond donors (Lipinski definition) is 1. The minimum Gasteiger partial charge on any atom is -0.383 e. The van der Waals surface area contributed by atoms with Crippen molar-refractivity contribution >= 4 is 11.4 Å². The van der Waals surface area contributed by atoms with E-state index in [0.717, 1.165) is 32.1 Å². The molecule has 1 aliphatic heterocycles. The highest BCUT2D eigenvalue weighted by molar-refractivity contribution is 5.55. The first kappa shape index (κ1) is 15.2. The Bertz CT molecular complexity index is 369. The first-order valence-corrected chi connectivity index (χ1v) is 7.92. The zero-order chi connectivity index (χ0) is 14.2. The lowest BCUT2D eigenvalue weighted by Crippen LogP contribution is -2.17. The van der Waals surface area contributed by atoms with Gasteiger partial charge in [-0.25, -0.2) is 0 Å². The molecule has 1 saturated heterocycles. The number of ether oxygens (including phenoxy) is 1. The third-order valence-corrected chi connectivity index (χ3v) is 3.75. The second-order valence-electron chi connectivity index (χ2n) is 5.96. The largest absolute Gasteiger partial charge is 0.383 e. The lowest BCUT2D eigenvalue weighted by Gasteiger charge is -2.18. The van der Waals surface area contributed by atoms with Gasteiger partial charge in [-0.2, -0.15) is 0 Å². The molecule has 0 radical (unpaired) electrons. The number of hydrogen-bond acceptors (Lipinski definition) is 3. The van der Waals surface area contributed by atoms with Crippen LogP contribution in [-0.4, -0.2) is 32.8 Å². The van der Waals surface area contributed by atoms with Crippen LogP contribution in [0.1, 0.15) is 33.1 Å². The van der Waals surface area contributed by atoms with Gasteiger partial charge in [0.25, 0.3) is 0 Å². The zero-order valence-electron chi connectivity index (χ0n) is 12.9. The van der Waals surface area contributed by atoms with Crippen molar-refractivity contribution in [3.8, 4) is 0 Å². The highest BCUT2D eigenvalue weighted by Crippen LogP contribution is 2.21. The SMILES string of the molecule is CC(C)CCOCCNc1ccc(N2CCCC2)cc1. The van der Waals surface area contributed by atoms with E-state index in [9.17, 15) is 0 Å². The van der Waals surface area contributed by atoms with Crippen molar-refractivity contribution in [2.24, 2.45) is 5.92 Å². The summed E-state index contributed by atoms with van der Waals surface area (Å²) in [6, 6.07) is 8.77.